The second-order valence-electron chi connectivity index (χ2n) is 4.23. The Bertz CT molecular complexity index is 815. The zero-order chi connectivity index (χ0) is 17.1. The van der Waals surface area contributed by atoms with E-state index >= 15 is 0 Å². The van der Waals surface area contributed by atoms with Gasteiger partial charge in [0.15, 0.2) is 0 Å². The maximum atomic E-state index is 11.9. The summed E-state index contributed by atoms with van der Waals surface area (Å²) in [6.07, 6.45) is 3.63. The van der Waals surface area contributed by atoms with Gasteiger partial charge in [-0.1, -0.05) is 0 Å². The monoisotopic (exact) mass is 323 g/mol. The molecule has 0 aliphatic heterocycles. The van der Waals surface area contributed by atoms with Gasteiger partial charge in [0.05, 0.1) is 34.1 Å². The van der Waals surface area contributed by atoms with E-state index in [4.69, 9.17) is 4.52 Å². The molecule has 0 unspecified atom stereocenters. The zero-order valence-corrected chi connectivity index (χ0v) is 12.8. The summed E-state index contributed by atoms with van der Waals surface area (Å²) in [7, 11) is 5.07. The van der Waals surface area contributed by atoms with E-state index in [1.165, 1.54) is 22.6 Å². The van der Waals surface area contributed by atoms with Gasteiger partial charge in [-0.05, 0) is 5.16 Å². The minimum absolute atomic E-state index is 0.102. The van der Waals surface area contributed by atoms with Crippen LogP contribution in [0.1, 0.15) is 10.6 Å². The molecule has 23 heavy (non-hydrogen) atoms. The highest BCUT2D eigenvalue weighted by molar-refractivity contribution is 6.14. The molecule has 2 aromatic rings. The van der Waals surface area contributed by atoms with Crippen LogP contribution < -0.4 is 4.57 Å². The number of carbonyl (C=O) groups excluding carboxylic acids is 3. The zero-order valence-electron chi connectivity index (χ0n) is 12.8. The Hall–Kier alpha value is -3.17. The van der Waals surface area contributed by atoms with Crippen molar-refractivity contribution >= 4 is 34.8 Å². The van der Waals surface area contributed by atoms with E-state index in [0.717, 1.165) is 14.2 Å². The number of imidazole rings is 1. The number of nitrogens with zero attached hydrogens (tertiary/aromatic N) is 3. The summed E-state index contributed by atoms with van der Waals surface area (Å²) < 4.78 is 21.3. The lowest BCUT2D eigenvalue weighted by molar-refractivity contribution is -0.645. The molecule has 2 heterocycles. The van der Waals surface area contributed by atoms with Gasteiger partial charge in [0.1, 0.15) is 0 Å². The van der Waals surface area contributed by atoms with Crippen molar-refractivity contribution in [2.75, 3.05) is 21.3 Å². The van der Waals surface area contributed by atoms with Crippen LogP contribution in [0.3, 0.4) is 0 Å². The number of esters is 3. The Labute approximate surface area is 129 Å². The molecule has 10 nitrogen and oxygen atoms in total. The van der Waals surface area contributed by atoms with Gasteiger partial charge < -0.3 is 23.5 Å². The van der Waals surface area contributed by atoms with E-state index in [1.54, 1.807) is 7.05 Å². The molecule has 2 aromatic heterocycles. The quantitative estimate of drug-likeness (QED) is 0.237. The van der Waals surface area contributed by atoms with Gasteiger partial charge in [0.2, 0.25) is 18.3 Å². The van der Waals surface area contributed by atoms with E-state index in [1.807, 2.05) is 0 Å². The summed E-state index contributed by atoms with van der Waals surface area (Å²) >= 11 is 0. The number of hydrogen-bond acceptors (Lipinski definition) is 8. The van der Waals surface area contributed by atoms with Crippen LogP contribution in [-0.2, 0) is 30.8 Å². The number of aryl methyl sites for hydroxylation is 1. The van der Waals surface area contributed by atoms with Crippen molar-refractivity contribution in [3.8, 4) is 0 Å². The number of ether oxygens (including phenoxy) is 3. The van der Waals surface area contributed by atoms with Crippen LogP contribution in [0.5, 0.6) is 0 Å². The predicted molar refractivity (Wildman–Crippen MR) is 71.5 cm³/mol. The minimum atomic E-state index is -0.883. The third kappa shape index (κ3) is 2.78. The molecule has 0 bridgehead atoms. The van der Waals surface area contributed by atoms with Gasteiger partial charge in [0, 0.05) is 0 Å². The maximum Gasteiger partial charge on any atom is 0.381 e. The molecule has 0 N–H and O–H groups in total. The molecule has 0 atom stereocenters. The highest BCUT2D eigenvalue weighted by atomic mass is 16.6. The molecule has 0 spiro atoms. The molecule has 0 aliphatic rings. The highest BCUT2D eigenvalue weighted by Crippen LogP contribution is 2.19. The average molecular weight is 323 g/mol. The fraction of sp³-hybridized carbons (Fsp3) is 0.308. The Kier molecular flexibility index (Phi) is 4.44. The number of aromatic nitrogens is 3. The number of methoxy groups -OCH3 is 3. The van der Waals surface area contributed by atoms with Gasteiger partial charge >= 0.3 is 11.6 Å². The standard InChI is InChI=1S/C13H13N3O7/c1-15-6-16(7(12(18)21-3)5-8(17)20-2)11-9(15)10(23-14-11)13(19)22-4/h6H,1-4H3. The second kappa shape index (κ2) is 6.30. The maximum absolute atomic E-state index is 11.9. The van der Waals surface area contributed by atoms with Gasteiger partial charge in [-0.3, -0.25) is 4.79 Å². The van der Waals surface area contributed by atoms with E-state index in [-0.39, 0.29) is 22.6 Å². The Balaban J connectivity index is 2.68. The molecular formula is C13H13N3O7. The Morgan fingerprint density at radius 2 is 1.91 bits per heavy atom. The van der Waals surface area contributed by atoms with Crippen molar-refractivity contribution in [1.82, 2.24) is 9.72 Å². The summed E-state index contributed by atoms with van der Waals surface area (Å²) in [4.78, 5) is 35.0. The first-order chi connectivity index (χ1) is 10.9. The molecule has 0 aromatic carbocycles. The van der Waals surface area contributed by atoms with Crippen molar-refractivity contribution in [3.63, 3.8) is 0 Å². The summed E-state index contributed by atoms with van der Waals surface area (Å²) in [5.74, 6) is -2.62. The molecule has 2 rings (SSSR count). The van der Waals surface area contributed by atoms with E-state index in [2.05, 4.69) is 25.4 Å². The normalized spacial score (nSPS) is 11.4. The molecule has 122 valence electrons. The molecule has 0 fully saturated rings. The lowest BCUT2D eigenvalue weighted by Gasteiger charge is -2.10. The van der Waals surface area contributed by atoms with Crippen LogP contribution in [0.4, 0.5) is 0 Å². The van der Waals surface area contributed by atoms with Gasteiger partial charge in [-0.2, -0.15) is 0 Å². The lowest BCUT2D eigenvalue weighted by Crippen LogP contribution is -2.27. The summed E-state index contributed by atoms with van der Waals surface area (Å²) in [5.41, 5.74) is 0.0873. The highest BCUT2D eigenvalue weighted by Gasteiger charge is 2.29. The van der Waals surface area contributed by atoms with Crippen LogP contribution in [0.2, 0.25) is 0 Å². The van der Waals surface area contributed by atoms with Crippen molar-refractivity contribution in [2.45, 2.75) is 0 Å². The molecule has 10 heteroatoms. The first-order valence-corrected chi connectivity index (χ1v) is 6.19. The van der Waals surface area contributed by atoms with Crippen LogP contribution in [0, 0.1) is 6.08 Å². The van der Waals surface area contributed by atoms with Gasteiger partial charge in [-0.15, -0.1) is 6.08 Å². The van der Waals surface area contributed by atoms with Crippen molar-refractivity contribution in [3.05, 3.63) is 18.2 Å². The first-order valence-electron chi connectivity index (χ1n) is 6.19. The van der Waals surface area contributed by atoms with Gasteiger partial charge in [0.25, 0.3) is 11.3 Å². The summed E-state index contributed by atoms with van der Waals surface area (Å²) in [5, 5.41) is 3.72. The summed E-state index contributed by atoms with van der Waals surface area (Å²) in [6.45, 7) is 0. The molecule has 0 amide bonds. The van der Waals surface area contributed by atoms with Gasteiger partial charge in [-0.25, -0.2) is 13.9 Å². The van der Waals surface area contributed by atoms with Crippen LogP contribution in [0.25, 0.3) is 16.9 Å². The third-order valence-corrected chi connectivity index (χ3v) is 2.92. The Morgan fingerprint density at radius 1 is 1.22 bits per heavy atom. The first kappa shape index (κ1) is 16.2. The number of carbonyl (C=O) groups is 3. The summed E-state index contributed by atoms with van der Waals surface area (Å²) in [6, 6.07) is 0. The van der Waals surface area contributed by atoms with Crippen molar-refractivity contribution < 1.29 is 37.7 Å². The van der Waals surface area contributed by atoms with Crippen LogP contribution in [0.15, 0.2) is 10.9 Å². The SMILES string of the molecule is COC(=O)[C-]=C(C(=O)OC)n1c[n+](C)c2c(C(=O)OC)onc21. The molecule has 0 aliphatic carbocycles. The minimum Gasteiger partial charge on any atom is -0.547 e. The van der Waals surface area contributed by atoms with E-state index in [0.29, 0.717) is 0 Å². The van der Waals surface area contributed by atoms with Crippen LogP contribution >= 0.6 is 0 Å². The lowest BCUT2D eigenvalue weighted by atomic mass is 10.3. The molecule has 0 saturated heterocycles. The fourth-order valence-corrected chi connectivity index (χ4v) is 1.88. The third-order valence-electron chi connectivity index (χ3n) is 2.92. The number of rotatable bonds is 4. The van der Waals surface area contributed by atoms with Crippen molar-refractivity contribution in [2.24, 2.45) is 7.05 Å². The smallest absolute Gasteiger partial charge is 0.381 e. The molecule has 0 saturated carbocycles. The average Bonchev–Trinajstić information content (AvgIpc) is 3.12. The molecule has 0 radical (unpaired) electrons. The number of hydrogen-bond donors (Lipinski definition) is 0. The molecular weight excluding hydrogens is 310 g/mol. The largest absolute Gasteiger partial charge is 0.547 e. The van der Waals surface area contributed by atoms with E-state index < -0.39 is 17.9 Å². The topological polar surface area (TPSA) is 114 Å². The number of fused-ring (bicyclic) bond motifs is 1. The fourth-order valence-electron chi connectivity index (χ4n) is 1.88. The predicted octanol–water partition coefficient (Wildman–Crippen LogP) is -0.770. The second-order valence-corrected chi connectivity index (χ2v) is 4.23. The van der Waals surface area contributed by atoms with Crippen LogP contribution in [-0.4, -0.2) is 49.0 Å². The van der Waals surface area contributed by atoms with E-state index in [9.17, 15) is 14.4 Å². The van der Waals surface area contributed by atoms with Crippen molar-refractivity contribution in [1.29, 1.82) is 0 Å². The Morgan fingerprint density at radius 3 is 2.48 bits per heavy atom.